The highest BCUT2D eigenvalue weighted by atomic mass is 16.7. The summed E-state index contributed by atoms with van der Waals surface area (Å²) in [5.41, 5.74) is 3.24. The minimum atomic E-state index is 0.0267. The number of amides is 1. The van der Waals surface area contributed by atoms with Crippen LogP contribution in [-0.4, -0.2) is 19.2 Å². The third kappa shape index (κ3) is 4.16. The van der Waals surface area contributed by atoms with Crippen LogP contribution in [0.3, 0.4) is 0 Å². The highest BCUT2D eigenvalue weighted by Crippen LogP contribution is 2.34. The van der Waals surface area contributed by atoms with Gasteiger partial charge in [0.25, 0.3) is 0 Å². The number of ether oxygens (including phenoxy) is 2. The average Bonchev–Trinajstić information content (AvgIpc) is 3.02. The van der Waals surface area contributed by atoms with Gasteiger partial charge in [-0.05, 0) is 24.6 Å². The van der Waals surface area contributed by atoms with E-state index in [4.69, 9.17) is 9.47 Å². The molecule has 5 heteroatoms. The van der Waals surface area contributed by atoms with Gasteiger partial charge in [0.15, 0.2) is 11.5 Å². The van der Waals surface area contributed by atoms with E-state index in [-0.39, 0.29) is 12.7 Å². The second-order valence-corrected chi connectivity index (χ2v) is 5.51. The first-order chi connectivity index (χ1) is 11.2. The van der Waals surface area contributed by atoms with Crippen LogP contribution in [0.1, 0.15) is 17.5 Å². The van der Waals surface area contributed by atoms with Crippen LogP contribution in [0, 0.1) is 6.92 Å². The molecule has 23 heavy (non-hydrogen) atoms. The summed E-state index contributed by atoms with van der Waals surface area (Å²) in [7, 11) is 0. The van der Waals surface area contributed by atoms with Gasteiger partial charge in [-0.25, -0.2) is 0 Å². The normalized spacial score (nSPS) is 12.0. The van der Waals surface area contributed by atoms with Gasteiger partial charge in [-0.15, -0.1) is 0 Å². The van der Waals surface area contributed by atoms with Crippen molar-refractivity contribution in [3.8, 4) is 11.5 Å². The standard InChI is InChI=1S/C18H20N2O3/c1-13-2-4-14(5-3-13)11-20-18(21)8-9-19-15-6-7-16-17(10-15)23-12-22-16/h2-7,10,19H,8-9,11-12H2,1H3,(H,20,21). The van der Waals surface area contributed by atoms with E-state index in [1.807, 2.05) is 49.4 Å². The Balaban J connectivity index is 1.40. The number of aryl methyl sites for hydroxylation is 1. The van der Waals surface area contributed by atoms with Crippen LogP contribution in [-0.2, 0) is 11.3 Å². The van der Waals surface area contributed by atoms with Gasteiger partial charge in [0.2, 0.25) is 12.7 Å². The maximum atomic E-state index is 11.9. The smallest absolute Gasteiger partial charge is 0.231 e. The number of benzene rings is 2. The van der Waals surface area contributed by atoms with Crippen molar-refractivity contribution in [3.63, 3.8) is 0 Å². The predicted octanol–water partition coefficient (Wildman–Crippen LogP) is 2.84. The molecule has 0 aliphatic carbocycles. The van der Waals surface area contributed by atoms with Crippen LogP contribution in [0.25, 0.3) is 0 Å². The van der Waals surface area contributed by atoms with E-state index in [0.717, 1.165) is 22.7 Å². The third-order valence-corrected chi connectivity index (χ3v) is 3.66. The van der Waals surface area contributed by atoms with Crippen molar-refractivity contribution in [2.75, 3.05) is 18.7 Å². The number of nitrogens with one attached hydrogen (secondary N) is 2. The zero-order chi connectivity index (χ0) is 16.1. The Morgan fingerprint density at radius 2 is 1.87 bits per heavy atom. The Bertz CT molecular complexity index is 683. The predicted molar refractivity (Wildman–Crippen MR) is 88.7 cm³/mol. The largest absolute Gasteiger partial charge is 0.454 e. The fraction of sp³-hybridized carbons (Fsp3) is 0.278. The molecule has 3 rings (SSSR count). The number of anilines is 1. The molecule has 0 aromatic heterocycles. The first-order valence-corrected chi connectivity index (χ1v) is 7.66. The molecule has 1 amide bonds. The lowest BCUT2D eigenvalue weighted by Crippen LogP contribution is -2.24. The minimum absolute atomic E-state index is 0.0267. The Morgan fingerprint density at radius 1 is 1.09 bits per heavy atom. The summed E-state index contributed by atoms with van der Waals surface area (Å²) in [6, 6.07) is 13.8. The number of hydrogen-bond donors (Lipinski definition) is 2. The lowest BCUT2D eigenvalue weighted by atomic mass is 10.1. The molecule has 0 fully saturated rings. The summed E-state index contributed by atoms with van der Waals surface area (Å²) < 4.78 is 10.6. The number of rotatable bonds is 6. The van der Waals surface area contributed by atoms with Crippen molar-refractivity contribution in [1.82, 2.24) is 5.32 Å². The van der Waals surface area contributed by atoms with Gasteiger partial charge in [0, 0.05) is 31.3 Å². The molecule has 2 aromatic carbocycles. The van der Waals surface area contributed by atoms with Crippen LogP contribution in [0.2, 0.25) is 0 Å². The molecule has 0 spiro atoms. The highest BCUT2D eigenvalue weighted by Gasteiger charge is 2.13. The Kier molecular flexibility index (Phi) is 4.66. The molecule has 1 aliphatic heterocycles. The Hall–Kier alpha value is -2.69. The number of hydrogen-bond acceptors (Lipinski definition) is 4. The molecule has 5 nitrogen and oxygen atoms in total. The molecule has 0 bridgehead atoms. The van der Waals surface area contributed by atoms with E-state index in [9.17, 15) is 4.79 Å². The quantitative estimate of drug-likeness (QED) is 0.861. The number of carbonyl (C=O) groups is 1. The second-order valence-electron chi connectivity index (χ2n) is 5.51. The van der Waals surface area contributed by atoms with Gasteiger partial charge in [-0.1, -0.05) is 29.8 Å². The molecule has 0 saturated heterocycles. The van der Waals surface area contributed by atoms with Crippen LogP contribution in [0.4, 0.5) is 5.69 Å². The fourth-order valence-electron chi connectivity index (χ4n) is 2.32. The summed E-state index contributed by atoms with van der Waals surface area (Å²) in [6.07, 6.45) is 0.417. The fourth-order valence-corrected chi connectivity index (χ4v) is 2.32. The van der Waals surface area contributed by atoms with Gasteiger partial charge in [-0.3, -0.25) is 4.79 Å². The van der Waals surface area contributed by atoms with E-state index in [1.165, 1.54) is 5.56 Å². The van der Waals surface area contributed by atoms with Crippen LogP contribution in [0.15, 0.2) is 42.5 Å². The van der Waals surface area contributed by atoms with Crippen molar-refractivity contribution in [3.05, 3.63) is 53.6 Å². The Morgan fingerprint density at radius 3 is 2.70 bits per heavy atom. The zero-order valence-corrected chi connectivity index (χ0v) is 13.1. The molecule has 1 aliphatic rings. The van der Waals surface area contributed by atoms with Crippen LogP contribution >= 0.6 is 0 Å². The van der Waals surface area contributed by atoms with Crippen molar-refractivity contribution in [2.45, 2.75) is 19.9 Å². The minimum Gasteiger partial charge on any atom is -0.454 e. The molecule has 0 atom stereocenters. The van der Waals surface area contributed by atoms with Gasteiger partial charge < -0.3 is 20.1 Å². The molecule has 0 radical (unpaired) electrons. The lowest BCUT2D eigenvalue weighted by Gasteiger charge is -2.08. The molecular weight excluding hydrogens is 292 g/mol. The average molecular weight is 312 g/mol. The van der Waals surface area contributed by atoms with E-state index in [2.05, 4.69) is 10.6 Å². The van der Waals surface area contributed by atoms with E-state index in [0.29, 0.717) is 19.5 Å². The van der Waals surface area contributed by atoms with Crippen molar-refractivity contribution < 1.29 is 14.3 Å². The summed E-state index contributed by atoms with van der Waals surface area (Å²) >= 11 is 0. The van der Waals surface area contributed by atoms with Crippen LogP contribution < -0.4 is 20.1 Å². The topological polar surface area (TPSA) is 59.6 Å². The molecular formula is C18H20N2O3. The molecule has 120 valence electrons. The lowest BCUT2D eigenvalue weighted by molar-refractivity contribution is -0.121. The first-order valence-electron chi connectivity index (χ1n) is 7.66. The van der Waals surface area contributed by atoms with Crippen LogP contribution in [0.5, 0.6) is 11.5 Å². The number of fused-ring (bicyclic) bond motifs is 1. The third-order valence-electron chi connectivity index (χ3n) is 3.66. The van der Waals surface area contributed by atoms with Crippen molar-refractivity contribution >= 4 is 11.6 Å². The molecule has 2 aromatic rings. The second kappa shape index (κ2) is 7.05. The summed E-state index contributed by atoms with van der Waals surface area (Å²) in [6.45, 7) is 3.44. The van der Waals surface area contributed by atoms with Gasteiger partial charge in [0.05, 0.1) is 0 Å². The zero-order valence-electron chi connectivity index (χ0n) is 13.1. The van der Waals surface area contributed by atoms with Gasteiger partial charge in [0.1, 0.15) is 0 Å². The van der Waals surface area contributed by atoms with E-state index < -0.39 is 0 Å². The maximum Gasteiger partial charge on any atom is 0.231 e. The van der Waals surface area contributed by atoms with E-state index >= 15 is 0 Å². The molecule has 0 saturated carbocycles. The summed E-state index contributed by atoms with van der Waals surface area (Å²) in [5, 5.41) is 6.14. The van der Waals surface area contributed by atoms with Crippen molar-refractivity contribution in [1.29, 1.82) is 0 Å². The maximum absolute atomic E-state index is 11.9. The van der Waals surface area contributed by atoms with Crippen molar-refractivity contribution in [2.24, 2.45) is 0 Å². The van der Waals surface area contributed by atoms with E-state index in [1.54, 1.807) is 0 Å². The Labute approximate surface area is 135 Å². The number of carbonyl (C=O) groups excluding carboxylic acids is 1. The SMILES string of the molecule is Cc1ccc(CNC(=O)CCNc2ccc3c(c2)OCO3)cc1. The first kappa shape index (κ1) is 15.2. The molecule has 2 N–H and O–H groups in total. The summed E-state index contributed by atoms with van der Waals surface area (Å²) in [4.78, 5) is 11.9. The van der Waals surface area contributed by atoms with Gasteiger partial charge in [-0.2, -0.15) is 0 Å². The monoisotopic (exact) mass is 312 g/mol. The highest BCUT2D eigenvalue weighted by molar-refractivity contribution is 5.76. The molecule has 1 heterocycles. The summed E-state index contributed by atoms with van der Waals surface area (Å²) in [5.74, 6) is 1.52. The molecule has 0 unspecified atom stereocenters. The van der Waals surface area contributed by atoms with Gasteiger partial charge >= 0.3 is 0 Å².